The summed E-state index contributed by atoms with van der Waals surface area (Å²) in [5.41, 5.74) is 6.20. The lowest BCUT2D eigenvalue weighted by Gasteiger charge is -2.09. The minimum absolute atomic E-state index is 0.0947. The van der Waals surface area contributed by atoms with Crippen LogP contribution in [0.3, 0.4) is 0 Å². The normalized spacial score (nSPS) is 11.8. The monoisotopic (exact) mass is 352 g/mol. The molecule has 3 N–H and O–H groups in total. The van der Waals surface area contributed by atoms with E-state index in [1.807, 2.05) is 0 Å². The molecule has 0 unspecified atom stereocenters. The van der Waals surface area contributed by atoms with Gasteiger partial charge >= 0.3 is 0 Å². The van der Waals surface area contributed by atoms with E-state index in [-0.39, 0.29) is 11.6 Å². The largest absolute Gasteiger partial charge is 0.384 e. The molecule has 0 radical (unpaired) electrons. The van der Waals surface area contributed by atoms with Crippen LogP contribution < -0.4 is 10.5 Å². The van der Waals surface area contributed by atoms with Crippen molar-refractivity contribution in [3.63, 3.8) is 0 Å². The fraction of sp³-hybridized carbons (Fsp3) is 0.182. The second-order valence-electron chi connectivity index (χ2n) is 4.18. The highest BCUT2D eigenvalue weighted by atomic mass is 35.5. The Labute approximate surface area is 130 Å². The molecule has 0 aliphatic carbocycles. The van der Waals surface area contributed by atoms with Crippen molar-refractivity contribution in [3.05, 3.63) is 39.8 Å². The molecule has 0 spiro atoms. The highest BCUT2D eigenvalue weighted by Crippen LogP contribution is 2.29. The minimum Gasteiger partial charge on any atom is -0.384 e. The van der Waals surface area contributed by atoms with Crippen molar-refractivity contribution in [2.45, 2.75) is 11.4 Å². The van der Waals surface area contributed by atoms with Crippen molar-refractivity contribution in [1.29, 1.82) is 0 Å². The Kier molecular flexibility index (Phi) is 4.43. The maximum absolute atomic E-state index is 13.6. The van der Waals surface area contributed by atoms with Gasteiger partial charge in [-0.15, -0.1) is 0 Å². The van der Waals surface area contributed by atoms with Crippen molar-refractivity contribution in [1.82, 2.24) is 14.5 Å². The number of hydrogen-bond donors (Lipinski definition) is 2. The van der Waals surface area contributed by atoms with Crippen LogP contribution in [0.1, 0.15) is 5.56 Å². The number of aromatic nitrogens is 2. The Balaban J connectivity index is 2.27. The zero-order valence-electron chi connectivity index (χ0n) is 10.8. The Morgan fingerprint density at radius 3 is 2.67 bits per heavy atom. The van der Waals surface area contributed by atoms with Gasteiger partial charge < -0.3 is 5.73 Å². The molecular weight excluding hydrogens is 342 g/mol. The molecule has 1 heterocycles. The van der Waals surface area contributed by atoms with Crippen LogP contribution in [0.2, 0.25) is 10.0 Å². The van der Waals surface area contributed by atoms with Crippen molar-refractivity contribution in [2.75, 3.05) is 5.73 Å². The molecule has 114 valence electrons. The fourth-order valence-electron chi connectivity index (χ4n) is 1.59. The maximum Gasteiger partial charge on any atom is 0.242 e. The Hall–Kier alpha value is -1.35. The third-order valence-electron chi connectivity index (χ3n) is 2.81. The summed E-state index contributed by atoms with van der Waals surface area (Å²) < 4.78 is 41.5. The number of nitrogen functional groups attached to an aromatic ring is 1. The lowest BCUT2D eigenvalue weighted by Crippen LogP contribution is -2.24. The van der Waals surface area contributed by atoms with E-state index in [0.29, 0.717) is 11.4 Å². The average Bonchev–Trinajstić information content (AvgIpc) is 2.74. The van der Waals surface area contributed by atoms with Gasteiger partial charge in [0.25, 0.3) is 0 Å². The number of halogens is 3. The molecule has 1 aromatic carbocycles. The first-order valence-corrected chi connectivity index (χ1v) is 7.87. The molecule has 2 rings (SSSR count). The molecule has 0 saturated heterocycles. The smallest absolute Gasteiger partial charge is 0.242 e. The van der Waals surface area contributed by atoms with E-state index in [2.05, 4.69) is 9.82 Å². The summed E-state index contributed by atoms with van der Waals surface area (Å²) in [6.45, 7) is -0.0947. The van der Waals surface area contributed by atoms with Crippen LogP contribution in [-0.4, -0.2) is 18.2 Å². The molecule has 0 bridgehead atoms. The summed E-state index contributed by atoms with van der Waals surface area (Å²) in [5, 5.41) is 3.07. The van der Waals surface area contributed by atoms with Crippen molar-refractivity contribution >= 4 is 39.0 Å². The number of anilines is 1. The van der Waals surface area contributed by atoms with Gasteiger partial charge in [0.1, 0.15) is 10.7 Å². The number of benzene rings is 1. The summed E-state index contributed by atoms with van der Waals surface area (Å²) in [6, 6.07) is 2.25. The highest BCUT2D eigenvalue weighted by molar-refractivity contribution is 7.89. The Morgan fingerprint density at radius 2 is 2.10 bits per heavy atom. The molecule has 0 saturated carbocycles. The molecule has 0 aliphatic rings. The van der Waals surface area contributed by atoms with Crippen molar-refractivity contribution in [3.8, 4) is 0 Å². The molecule has 10 heteroatoms. The highest BCUT2D eigenvalue weighted by Gasteiger charge is 2.22. The van der Waals surface area contributed by atoms with Crippen LogP contribution in [-0.2, 0) is 23.6 Å². The maximum atomic E-state index is 13.6. The van der Waals surface area contributed by atoms with E-state index >= 15 is 0 Å². The molecule has 0 amide bonds. The second kappa shape index (κ2) is 5.80. The average molecular weight is 353 g/mol. The number of aryl methyl sites for hydroxylation is 1. The number of nitrogens with two attached hydrogens (primary N) is 1. The van der Waals surface area contributed by atoms with Crippen LogP contribution in [0.5, 0.6) is 0 Å². The lowest BCUT2D eigenvalue weighted by atomic mass is 10.3. The van der Waals surface area contributed by atoms with Crippen LogP contribution >= 0.6 is 23.2 Å². The van der Waals surface area contributed by atoms with Gasteiger partial charge in [0.05, 0.1) is 16.2 Å². The van der Waals surface area contributed by atoms with Gasteiger partial charge in [0.15, 0.2) is 5.82 Å². The molecule has 6 nitrogen and oxygen atoms in total. The van der Waals surface area contributed by atoms with Gasteiger partial charge in [-0.05, 0) is 12.1 Å². The quantitative estimate of drug-likeness (QED) is 0.822. The van der Waals surface area contributed by atoms with Gasteiger partial charge in [-0.1, -0.05) is 23.2 Å². The van der Waals surface area contributed by atoms with E-state index in [9.17, 15) is 12.8 Å². The van der Waals surface area contributed by atoms with Gasteiger partial charge in [0, 0.05) is 19.2 Å². The first-order chi connectivity index (χ1) is 9.74. The van der Waals surface area contributed by atoms with E-state index in [1.165, 1.54) is 10.9 Å². The van der Waals surface area contributed by atoms with Crippen molar-refractivity contribution < 1.29 is 12.8 Å². The van der Waals surface area contributed by atoms with Crippen LogP contribution in [0.15, 0.2) is 23.2 Å². The summed E-state index contributed by atoms with van der Waals surface area (Å²) >= 11 is 11.2. The summed E-state index contributed by atoms with van der Waals surface area (Å²) in [7, 11) is -2.39. The SMILES string of the molecule is Cn1ncc(CNS(=O)(=O)c2ccc(Cl)c(F)c2Cl)c1N. The standard InChI is InChI=1S/C11H11Cl2FN4O2S/c1-18-11(15)6(4-16-18)5-17-21(19,20)8-3-2-7(12)10(14)9(8)13/h2-4,17H,5,15H2,1H3. The predicted molar refractivity (Wildman–Crippen MR) is 78.1 cm³/mol. The molecule has 21 heavy (non-hydrogen) atoms. The molecule has 0 fully saturated rings. The van der Waals surface area contributed by atoms with Crippen LogP contribution in [0, 0.1) is 5.82 Å². The first-order valence-electron chi connectivity index (χ1n) is 5.63. The van der Waals surface area contributed by atoms with Crippen molar-refractivity contribution in [2.24, 2.45) is 7.05 Å². The van der Waals surface area contributed by atoms with Gasteiger partial charge in [-0.25, -0.2) is 17.5 Å². The predicted octanol–water partition coefficient (Wildman–Crippen LogP) is 1.93. The summed E-state index contributed by atoms with van der Waals surface area (Å²) in [5.74, 6) is -0.659. The van der Waals surface area contributed by atoms with Gasteiger partial charge in [-0.3, -0.25) is 4.68 Å². The zero-order chi connectivity index (χ0) is 15.8. The first kappa shape index (κ1) is 16.0. The summed E-state index contributed by atoms with van der Waals surface area (Å²) in [4.78, 5) is -0.395. The molecule has 0 atom stereocenters. The molecular formula is C11H11Cl2FN4O2S. The zero-order valence-corrected chi connectivity index (χ0v) is 13.1. The number of rotatable bonds is 4. The second-order valence-corrected chi connectivity index (χ2v) is 6.70. The molecule has 2 aromatic rings. The van der Waals surface area contributed by atoms with E-state index in [0.717, 1.165) is 12.1 Å². The molecule has 0 aliphatic heterocycles. The topological polar surface area (TPSA) is 90.0 Å². The third kappa shape index (κ3) is 3.13. The van der Waals surface area contributed by atoms with Crippen LogP contribution in [0.25, 0.3) is 0 Å². The fourth-order valence-corrected chi connectivity index (χ4v) is 3.34. The van der Waals surface area contributed by atoms with Crippen LogP contribution in [0.4, 0.5) is 10.2 Å². The Morgan fingerprint density at radius 1 is 1.43 bits per heavy atom. The third-order valence-corrected chi connectivity index (χ3v) is 5.02. The van der Waals surface area contributed by atoms with E-state index in [4.69, 9.17) is 28.9 Å². The van der Waals surface area contributed by atoms with Gasteiger partial charge in [-0.2, -0.15) is 5.10 Å². The number of hydrogen-bond acceptors (Lipinski definition) is 4. The van der Waals surface area contributed by atoms with Gasteiger partial charge in [0.2, 0.25) is 10.0 Å². The number of nitrogens with zero attached hydrogens (tertiary/aromatic N) is 2. The lowest BCUT2D eigenvalue weighted by molar-refractivity contribution is 0.577. The van der Waals surface area contributed by atoms with E-state index < -0.39 is 25.8 Å². The number of sulfonamides is 1. The summed E-state index contributed by atoms with van der Waals surface area (Å²) in [6.07, 6.45) is 1.43. The Bertz CT molecular complexity index is 792. The molecule has 1 aromatic heterocycles. The van der Waals surface area contributed by atoms with E-state index in [1.54, 1.807) is 7.05 Å². The number of nitrogens with one attached hydrogen (secondary N) is 1. The minimum atomic E-state index is -4.01.